The van der Waals surface area contributed by atoms with E-state index >= 15 is 0 Å². The summed E-state index contributed by atoms with van der Waals surface area (Å²) in [5.41, 5.74) is 0.489. The van der Waals surface area contributed by atoms with Crippen LogP contribution >= 0.6 is 0 Å². The Bertz CT molecular complexity index is 883. The van der Waals surface area contributed by atoms with Crippen molar-refractivity contribution in [2.75, 3.05) is 32.0 Å². The summed E-state index contributed by atoms with van der Waals surface area (Å²) in [5.74, 6) is -0.752. The Kier molecular flexibility index (Phi) is 7.96. The van der Waals surface area contributed by atoms with Crippen molar-refractivity contribution in [3.8, 4) is 0 Å². The molecule has 1 aliphatic heterocycles. The molecular formula is C20H30N4O5S. The van der Waals surface area contributed by atoms with Crippen molar-refractivity contribution in [1.29, 1.82) is 0 Å². The van der Waals surface area contributed by atoms with Crippen molar-refractivity contribution in [1.82, 2.24) is 14.5 Å². The van der Waals surface area contributed by atoms with Gasteiger partial charge in [-0.05, 0) is 37.1 Å². The van der Waals surface area contributed by atoms with Crippen molar-refractivity contribution >= 4 is 33.4 Å². The predicted octanol–water partition coefficient (Wildman–Crippen LogP) is 1.03. The van der Waals surface area contributed by atoms with Gasteiger partial charge in [0.25, 0.3) is 0 Å². The lowest BCUT2D eigenvalue weighted by Gasteiger charge is -2.34. The maximum Gasteiger partial charge on any atom is 0.243 e. The van der Waals surface area contributed by atoms with E-state index in [2.05, 4.69) is 10.6 Å². The number of hydrogen-bond acceptors (Lipinski definition) is 5. The van der Waals surface area contributed by atoms with Crippen LogP contribution in [0.25, 0.3) is 0 Å². The first-order chi connectivity index (χ1) is 14.0. The highest BCUT2D eigenvalue weighted by Crippen LogP contribution is 2.18. The molecule has 1 aliphatic rings. The average Bonchev–Trinajstić information content (AvgIpc) is 2.68. The van der Waals surface area contributed by atoms with Crippen LogP contribution in [0.1, 0.15) is 33.6 Å². The van der Waals surface area contributed by atoms with Crippen LogP contribution < -0.4 is 10.6 Å². The standard InChI is InChI=1S/C20H30N4O5S/c1-14(2)20(27)22-17-6-5-11-24(12-17)19(26)13-23(4)30(28,29)18-9-7-16(8-10-18)21-15(3)25/h7-10,14,17H,5-6,11-13H2,1-4H3,(H,21,25)(H,22,27). The molecule has 1 aromatic carbocycles. The molecule has 2 N–H and O–H groups in total. The number of hydrogen-bond donors (Lipinski definition) is 2. The fourth-order valence-corrected chi connectivity index (χ4v) is 4.28. The highest BCUT2D eigenvalue weighted by atomic mass is 32.2. The molecule has 1 atom stereocenters. The lowest BCUT2D eigenvalue weighted by molar-refractivity contribution is -0.134. The molecule has 1 aromatic rings. The monoisotopic (exact) mass is 438 g/mol. The smallest absolute Gasteiger partial charge is 0.243 e. The summed E-state index contributed by atoms with van der Waals surface area (Å²) in [5, 5.41) is 5.51. The number of anilines is 1. The molecular weight excluding hydrogens is 408 g/mol. The van der Waals surface area contributed by atoms with Crippen LogP contribution in [0.3, 0.4) is 0 Å². The van der Waals surface area contributed by atoms with E-state index in [1.54, 1.807) is 4.90 Å². The lowest BCUT2D eigenvalue weighted by atomic mass is 10.0. The summed E-state index contributed by atoms with van der Waals surface area (Å²) < 4.78 is 26.6. The molecule has 10 heteroatoms. The van der Waals surface area contributed by atoms with Crippen LogP contribution in [0.2, 0.25) is 0 Å². The molecule has 2 rings (SSSR count). The molecule has 0 aromatic heterocycles. The molecule has 3 amide bonds. The Balaban J connectivity index is 1.99. The summed E-state index contributed by atoms with van der Waals surface area (Å²) in [6.07, 6.45) is 1.53. The average molecular weight is 439 g/mol. The van der Waals surface area contributed by atoms with Gasteiger partial charge in [0, 0.05) is 44.7 Å². The fourth-order valence-electron chi connectivity index (χ4n) is 3.16. The molecule has 1 unspecified atom stereocenters. The normalized spacial score (nSPS) is 17.1. The second kappa shape index (κ2) is 10.0. The van der Waals surface area contributed by atoms with Gasteiger partial charge in [-0.15, -0.1) is 0 Å². The number of benzene rings is 1. The number of likely N-dealkylation sites (tertiary alicyclic amines) is 1. The van der Waals surface area contributed by atoms with Gasteiger partial charge in [0.1, 0.15) is 0 Å². The molecule has 166 valence electrons. The molecule has 1 fully saturated rings. The van der Waals surface area contributed by atoms with Gasteiger partial charge in [-0.1, -0.05) is 13.8 Å². The van der Waals surface area contributed by atoms with Crippen molar-refractivity contribution < 1.29 is 22.8 Å². The van der Waals surface area contributed by atoms with E-state index in [-0.39, 0.29) is 41.1 Å². The minimum Gasteiger partial charge on any atom is -0.351 e. The second-order valence-electron chi connectivity index (χ2n) is 7.81. The first-order valence-electron chi connectivity index (χ1n) is 9.93. The molecule has 0 spiro atoms. The van der Waals surface area contributed by atoms with Crippen LogP contribution in [0.5, 0.6) is 0 Å². The molecule has 0 saturated carbocycles. The maximum atomic E-state index is 12.8. The number of rotatable bonds is 7. The van der Waals surface area contributed by atoms with Crippen LogP contribution in [0, 0.1) is 5.92 Å². The summed E-state index contributed by atoms with van der Waals surface area (Å²) in [7, 11) is -2.50. The van der Waals surface area contributed by atoms with E-state index in [1.807, 2.05) is 13.8 Å². The zero-order chi connectivity index (χ0) is 22.5. The first-order valence-corrected chi connectivity index (χ1v) is 11.4. The number of carbonyl (C=O) groups excluding carboxylic acids is 3. The summed E-state index contributed by atoms with van der Waals surface area (Å²) in [6.45, 7) is 5.60. The van der Waals surface area contributed by atoms with E-state index in [0.717, 1.165) is 17.1 Å². The summed E-state index contributed by atoms with van der Waals surface area (Å²) >= 11 is 0. The van der Waals surface area contributed by atoms with Crippen molar-refractivity contribution in [2.45, 2.75) is 44.6 Å². The Morgan fingerprint density at radius 2 is 1.83 bits per heavy atom. The van der Waals surface area contributed by atoms with Crippen molar-refractivity contribution in [3.63, 3.8) is 0 Å². The molecule has 1 heterocycles. The number of amides is 3. The van der Waals surface area contributed by atoms with Crippen LogP contribution in [0.15, 0.2) is 29.2 Å². The largest absolute Gasteiger partial charge is 0.351 e. The zero-order valence-corrected chi connectivity index (χ0v) is 18.7. The van der Waals surface area contributed by atoms with Gasteiger partial charge >= 0.3 is 0 Å². The fraction of sp³-hybridized carbons (Fsp3) is 0.550. The SMILES string of the molecule is CC(=O)Nc1ccc(S(=O)(=O)N(C)CC(=O)N2CCCC(NC(=O)C(C)C)C2)cc1. The number of nitrogens with zero attached hydrogens (tertiary/aromatic N) is 2. The third-order valence-electron chi connectivity index (χ3n) is 4.89. The Labute approximate surface area is 177 Å². The van der Waals surface area contributed by atoms with Gasteiger partial charge < -0.3 is 15.5 Å². The van der Waals surface area contributed by atoms with E-state index in [1.165, 1.54) is 38.2 Å². The number of nitrogens with one attached hydrogen (secondary N) is 2. The van der Waals surface area contributed by atoms with Gasteiger partial charge in [-0.3, -0.25) is 14.4 Å². The van der Waals surface area contributed by atoms with Gasteiger partial charge in [0.15, 0.2) is 0 Å². The quantitative estimate of drug-likeness (QED) is 0.660. The van der Waals surface area contributed by atoms with Crippen molar-refractivity contribution in [3.05, 3.63) is 24.3 Å². The van der Waals surface area contributed by atoms with Gasteiger partial charge in [-0.25, -0.2) is 8.42 Å². The summed E-state index contributed by atoms with van der Waals surface area (Å²) in [4.78, 5) is 37.3. The molecule has 0 bridgehead atoms. The van der Waals surface area contributed by atoms with Gasteiger partial charge in [0.05, 0.1) is 11.4 Å². The van der Waals surface area contributed by atoms with E-state index in [4.69, 9.17) is 0 Å². The zero-order valence-electron chi connectivity index (χ0n) is 17.8. The highest BCUT2D eigenvalue weighted by molar-refractivity contribution is 7.89. The topological polar surface area (TPSA) is 116 Å². The maximum absolute atomic E-state index is 12.8. The lowest BCUT2D eigenvalue weighted by Crippen LogP contribution is -2.52. The minimum absolute atomic E-state index is 0.0348. The predicted molar refractivity (Wildman–Crippen MR) is 113 cm³/mol. The summed E-state index contributed by atoms with van der Waals surface area (Å²) in [6, 6.07) is 5.65. The molecule has 0 aliphatic carbocycles. The number of piperidine rings is 1. The number of sulfonamides is 1. The van der Waals surface area contributed by atoms with Gasteiger partial charge in [-0.2, -0.15) is 4.31 Å². The highest BCUT2D eigenvalue weighted by Gasteiger charge is 2.29. The van der Waals surface area contributed by atoms with E-state index in [0.29, 0.717) is 18.8 Å². The Morgan fingerprint density at radius 1 is 1.20 bits per heavy atom. The Morgan fingerprint density at radius 3 is 2.40 bits per heavy atom. The van der Waals surface area contributed by atoms with Crippen LogP contribution in [0.4, 0.5) is 5.69 Å². The third-order valence-corrected chi connectivity index (χ3v) is 6.70. The van der Waals surface area contributed by atoms with E-state index in [9.17, 15) is 22.8 Å². The van der Waals surface area contributed by atoms with Crippen LogP contribution in [-0.4, -0.2) is 68.1 Å². The molecule has 9 nitrogen and oxygen atoms in total. The van der Waals surface area contributed by atoms with E-state index < -0.39 is 10.0 Å². The second-order valence-corrected chi connectivity index (χ2v) is 9.85. The van der Waals surface area contributed by atoms with Crippen molar-refractivity contribution in [2.24, 2.45) is 5.92 Å². The van der Waals surface area contributed by atoms with Gasteiger partial charge in [0.2, 0.25) is 27.7 Å². The molecule has 1 saturated heterocycles. The first kappa shape index (κ1) is 23.8. The van der Waals surface area contributed by atoms with Crippen LogP contribution in [-0.2, 0) is 24.4 Å². The molecule has 0 radical (unpaired) electrons. The number of carbonyl (C=O) groups is 3. The number of likely N-dealkylation sites (N-methyl/N-ethyl adjacent to an activating group) is 1. The minimum atomic E-state index is -3.86. The Hall–Kier alpha value is -2.46. The third kappa shape index (κ3) is 6.27. The molecule has 30 heavy (non-hydrogen) atoms.